The summed E-state index contributed by atoms with van der Waals surface area (Å²) < 4.78 is 29.2. The van der Waals surface area contributed by atoms with Gasteiger partial charge in [-0.15, -0.1) is 0 Å². The van der Waals surface area contributed by atoms with Crippen LogP contribution in [0.25, 0.3) is 0 Å². The lowest BCUT2D eigenvalue weighted by Crippen LogP contribution is -2.30. The summed E-state index contributed by atoms with van der Waals surface area (Å²) in [7, 11) is 0. The van der Waals surface area contributed by atoms with Gasteiger partial charge in [-0.25, -0.2) is 13.6 Å². The maximum Gasteiger partial charge on any atom is 0.335 e. The minimum absolute atomic E-state index is 0.0480. The second-order valence-electron chi connectivity index (χ2n) is 7.07. The van der Waals surface area contributed by atoms with Crippen molar-refractivity contribution in [2.45, 2.75) is 38.1 Å². The first-order valence-corrected chi connectivity index (χ1v) is 8.55. The molecule has 0 bridgehead atoms. The van der Waals surface area contributed by atoms with Crippen molar-refractivity contribution in [1.29, 1.82) is 0 Å². The van der Waals surface area contributed by atoms with Gasteiger partial charge in [-0.2, -0.15) is 0 Å². The molecule has 2 N–H and O–H groups in total. The van der Waals surface area contributed by atoms with Crippen LogP contribution in [0.3, 0.4) is 0 Å². The molecule has 0 unspecified atom stereocenters. The Kier molecular flexibility index (Phi) is 3.74. The van der Waals surface area contributed by atoms with Gasteiger partial charge in [-0.05, 0) is 55.4 Å². The number of carboxylic acid groups (broad SMARTS) is 1. The number of aryl methyl sites for hydroxylation is 1. The number of carboxylic acids is 1. The highest BCUT2D eigenvalue weighted by atomic mass is 19.1. The molecule has 5 heteroatoms. The third-order valence-electron chi connectivity index (χ3n) is 5.55. The third kappa shape index (κ3) is 2.58. The lowest BCUT2D eigenvalue weighted by atomic mass is 9.76. The van der Waals surface area contributed by atoms with Crippen LogP contribution in [0.15, 0.2) is 30.3 Å². The van der Waals surface area contributed by atoms with Crippen LogP contribution >= 0.6 is 0 Å². The van der Waals surface area contributed by atoms with E-state index in [1.165, 1.54) is 11.1 Å². The number of carbonyl (C=O) groups is 1. The molecule has 1 aliphatic heterocycles. The fraction of sp³-hybridized carbons (Fsp3) is 0.350. The van der Waals surface area contributed by atoms with Gasteiger partial charge in [0.2, 0.25) is 0 Å². The number of benzene rings is 2. The topological polar surface area (TPSA) is 49.3 Å². The van der Waals surface area contributed by atoms with Crippen molar-refractivity contribution in [2.24, 2.45) is 5.92 Å². The molecule has 1 aliphatic carbocycles. The normalized spacial score (nSPS) is 24.4. The van der Waals surface area contributed by atoms with Crippen LogP contribution in [0, 0.1) is 24.5 Å². The molecule has 0 amide bonds. The van der Waals surface area contributed by atoms with Crippen LogP contribution in [0.2, 0.25) is 0 Å². The highest BCUT2D eigenvalue weighted by Gasteiger charge is 2.42. The molecule has 1 heterocycles. The van der Waals surface area contributed by atoms with E-state index in [0.29, 0.717) is 0 Å². The first-order chi connectivity index (χ1) is 12.0. The van der Waals surface area contributed by atoms with Crippen molar-refractivity contribution in [3.05, 3.63) is 64.2 Å². The van der Waals surface area contributed by atoms with E-state index in [2.05, 4.69) is 11.4 Å². The molecule has 1 saturated carbocycles. The van der Waals surface area contributed by atoms with Crippen LogP contribution in [0.5, 0.6) is 0 Å². The van der Waals surface area contributed by atoms with Crippen molar-refractivity contribution in [3.63, 3.8) is 0 Å². The minimum Gasteiger partial charge on any atom is -0.478 e. The van der Waals surface area contributed by atoms with Crippen molar-refractivity contribution in [2.75, 3.05) is 5.32 Å². The van der Waals surface area contributed by atoms with Crippen LogP contribution < -0.4 is 5.32 Å². The summed E-state index contributed by atoms with van der Waals surface area (Å²) >= 11 is 0. The number of fused-ring (bicyclic) bond motifs is 3. The van der Waals surface area contributed by atoms with Crippen LogP contribution in [0.4, 0.5) is 14.5 Å². The van der Waals surface area contributed by atoms with Crippen LogP contribution in [-0.2, 0) is 0 Å². The van der Waals surface area contributed by atoms with E-state index in [0.717, 1.165) is 37.1 Å². The molecule has 3 atom stereocenters. The van der Waals surface area contributed by atoms with Gasteiger partial charge in [0.25, 0.3) is 0 Å². The Morgan fingerprint density at radius 3 is 2.56 bits per heavy atom. The Balaban J connectivity index is 1.81. The number of hydrogen-bond acceptors (Lipinski definition) is 2. The van der Waals surface area contributed by atoms with Crippen molar-refractivity contribution < 1.29 is 18.7 Å². The summed E-state index contributed by atoms with van der Waals surface area (Å²) in [6.45, 7) is 2.04. The van der Waals surface area contributed by atoms with E-state index in [1.54, 1.807) is 0 Å². The molecule has 0 aromatic heterocycles. The Labute approximate surface area is 144 Å². The van der Waals surface area contributed by atoms with Crippen molar-refractivity contribution in [1.82, 2.24) is 0 Å². The average molecular weight is 343 g/mol. The zero-order chi connectivity index (χ0) is 17.7. The van der Waals surface area contributed by atoms with E-state index in [-0.39, 0.29) is 23.0 Å². The maximum atomic E-state index is 14.6. The third-order valence-corrected chi connectivity index (χ3v) is 5.55. The standard InChI is InChI=1S/C20H19F2NO2/c1-10-5-6-17-14(7-10)12-3-2-4-13(12)19(23-17)18-15(21)8-11(20(24)25)9-16(18)22/h5-9,12-13,19,23H,2-4H2,1H3,(H,24,25)/t12-,13+,19-/m1/s1. The number of nitrogens with one attached hydrogen (secondary N) is 1. The van der Waals surface area contributed by atoms with Gasteiger partial charge in [0.1, 0.15) is 11.6 Å². The van der Waals surface area contributed by atoms with E-state index in [9.17, 15) is 13.6 Å². The molecule has 0 saturated heterocycles. The highest BCUT2D eigenvalue weighted by Crippen LogP contribution is 2.53. The van der Waals surface area contributed by atoms with Gasteiger partial charge in [0.05, 0.1) is 11.6 Å². The number of aromatic carboxylic acids is 1. The molecule has 130 valence electrons. The highest BCUT2D eigenvalue weighted by molar-refractivity contribution is 5.87. The molecule has 0 radical (unpaired) electrons. The monoisotopic (exact) mass is 343 g/mol. The molecule has 2 aliphatic rings. The molecular formula is C20H19F2NO2. The van der Waals surface area contributed by atoms with Gasteiger partial charge >= 0.3 is 5.97 Å². The van der Waals surface area contributed by atoms with Gasteiger partial charge in [0.15, 0.2) is 0 Å². The van der Waals surface area contributed by atoms with Crippen molar-refractivity contribution >= 4 is 11.7 Å². The Morgan fingerprint density at radius 1 is 1.16 bits per heavy atom. The van der Waals surface area contributed by atoms with Crippen LogP contribution in [-0.4, -0.2) is 11.1 Å². The lowest BCUT2D eigenvalue weighted by Gasteiger charge is -2.38. The predicted octanol–water partition coefficient (Wildman–Crippen LogP) is 5.02. The fourth-order valence-corrected chi connectivity index (χ4v) is 4.46. The van der Waals surface area contributed by atoms with Crippen LogP contribution in [0.1, 0.15) is 58.3 Å². The Bertz CT molecular complexity index is 842. The lowest BCUT2D eigenvalue weighted by molar-refractivity contribution is 0.0695. The molecule has 1 fully saturated rings. The number of hydrogen-bond donors (Lipinski definition) is 2. The summed E-state index contributed by atoms with van der Waals surface area (Å²) in [5, 5.41) is 12.3. The van der Waals surface area contributed by atoms with Gasteiger partial charge in [-0.1, -0.05) is 24.1 Å². The van der Waals surface area contributed by atoms with Gasteiger partial charge < -0.3 is 10.4 Å². The average Bonchev–Trinajstić information content (AvgIpc) is 3.04. The molecule has 2 aromatic rings. The smallest absolute Gasteiger partial charge is 0.335 e. The van der Waals surface area contributed by atoms with Crippen molar-refractivity contribution in [3.8, 4) is 0 Å². The van der Waals surface area contributed by atoms with E-state index < -0.39 is 23.6 Å². The predicted molar refractivity (Wildman–Crippen MR) is 90.9 cm³/mol. The quantitative estimate of drug-likeness (QED) is 0.805. The summed E-state index contributed by atoms with van der Waals surface area (Å²) in [6.07, 6.45) is 2.93. The number of anilines is 1. The minimum atomic E-state index is -1.33. The Hall–Kier alpha value is -2.43. The first kappa shape index (κ1) is 16.1. The largest absolute Gasteiger partial charge is 0.478 e. The van der Waals surface area contributed by atoms with E-state index >= 15 is 0 Å². The molecule has 25 heavy (non-hydrogen) atoms. The summed E-state index contributed by atoms with van der Waals surface area (Å²) in [6, 6.07) is 7.45. The summed E-state index contributed by atoms with van der Waals surface area (Å²) in [5.74, 6) is -2.54. The molecule has 4 rings (SSSR count). The SMILES string of the molecule is Cc1ccc2c(c1)[C@@H]1CCC[C@@H]1[C@H](c1c(F)cc(C(=O)O)cc1F)N2. The molecule has 3 nitrogen and oxygen atoms in total. The second kappa shape index (κ2) is 5.83. The first-order valence-electron chi connectivity index (χ1n) is 8.55. The number of rotatable bonds is 2. The Morgan fingerprint density at radius 2 is 1.88 bits per heavy atom. The van der Waals surface area contributed by atoms with E-state index in [1.807, 2.05) is 19.1 Å². The zero-order valence-electron chi connectivity index (χ0n) is 13.9. The second-order valence-corrected chi connectivity index (χ2v) is 7.07. The number of halogens is 2. The van der Waals surface area contributed by atoms with Gasteiger partial charge in [-0.3, -0.25) is 0 Å². The summed E-state index contributed by atoms with van der Waals surface area (Å²) in [4.78, 5) is 11.0. The van der Waals surface area contributed by atoms with Gasteiger partial charge in [0, 0.05) is 11.3 Å². The molecular weight excluding hydrogens is 324 g/mol. The molecule has 2 aromatic carbocycles. The fourth-order valence-electron chi connectivity index (χ4n) is 4.46. The zero-order valence-corrected chi connectivity index (χ0v) is 13.9. The maximum absolute atomic E-state index is 14.6. The molecule has 0 spiro atoms. The summed E-state index contributed by atoms with van der Waals surface area (Å²) in [5.41, 5.74) is 2.90. The van der Waals surface area contributed by atoms with E-state index in [4.69, 9.17) is 5.11 Å².